The Morgan fingerprint density at radius 3 is 2.83 bits per heavy atom. The van der Waals surface area contributed by atoms with E-state index in [4.69, 9.17) is 0 Å². The zero-order valence-corrected chi connectivity index (χ0v) is 20.6. The Labute approximate surface area is 210 Å². The Hall–Kier alpha value is -3.46. The molecule has 4 unspecified atom stereocenters. The van der Waals surface area contributed by atoms with E-state index in [9.17, 15) is 9.18 Å². The van der Waals surface area contributed by atoms with Crippen LogP contribution in [0.2, 0.25) is 0 Å². The summed E-state index contributed by atoms with van der Waals surface area (Å²) in [5, 5.41) is 10.7. The Morgan fingerprint density at radius 1 is 1.19 bits per heavy atom. The Morgan fingerprint density at radius 2 is 2.03 bits per heavy atom. The van der Waals surface area contributed by atoms with E-state index in [0.29, 0.717) is 12.0 Å². The van der Waals surface area contributed by atoms with Gasteiger partial charge in [-0.05, 0) is 69.5 Å². The number of halogens is 1. The molecule has 3 aliphatic rings. The Balaban J connectivity index is 1.18. The van der Waals surface area contributed by atoms with Gasteiger partial charge in [-0.15, -0.1) is 0 Å². The average molecular weight is 490 g/mol. The summed E-state index contributed by atoms with van der Waals surface area (Å²) in [4.78, 5) is 23.7. The third-order valence-electron chi connectivity index (χ3n) is 7.55. The molecule has 6 rings (SSSR count). The number of carbonyl (C=O) groups excluding carboxylic acids is 1. The molecule has 2 aromatic heterocycles. The summed E-state index contributed by atoms with van der Waals surface area (Å²) in [6.07, 6.45) is 10.5. The van der Waals surface area contributed by atoms with Crippen LogP contribution in [0.15, 0.2) is 48.8 Å². The van der Waals surface area contributed by atoms with Crippen molar-refractivity contribution in [3.05, 3.63) is 54.6 Å². The van der Waals surface area contributed by atoms with Crippen LogP contribution in [0.1, 0.15) is 19.3 Å². The number of fused-ring (bicyclic) bond motifs is 3. The predicted octanol–water partition coefficient (Wildman–Crippen LogP) is 3.76. The van der Waals surface area contributed by atoms with Gasteiger partial charge in [-0.3, -0.25) is 4.79 Å². The van der Waals surface area contributed by atoms with Crippen LogP contribution in [-0.2, 0) is 11.3 Å². The molecular formula is C27H32FN7O. The van der Waals surface area contributed by atoms with Crippen LogP contribution in [0.5, 0.6) is 0 Å². The predicted molar refractivity (Wildman–Crippen MR) is 139 cm³/mol. The summed E-state index contributed by atoms with van der Waals surface area (Å²) in [5.41, 5.74) is 1.99. The van der Waals surface area contributed by atoms with E-state index in [2.05, 4.69) is 80.0 Å². The molecule has 2 heterocycles. The van der Waals surface area contributed by atoms with E-state index in [1.807, 2.05) is 12.1 Å². The molecule has 2 saturated carbocycles. The normalized spacial score (nSPS) is 24.6. The number of nitrogens with one attached hydrogen (secondary N) is 3. The molecule has 4 atom stereocenters. The van der Waals surface area contributed by atoms with Gasteiger partial charge in [-0.25, -0.2) is 9.37 Å². The molecule has 3 aromatic rings. The second-order valence-corrected chi connectivity index (χ2v) is 10.5. The second kappa shape index (κ2) is 9.20. The van der Waals surface area contributed by atoms with Gasteiger partial charge in [0.15, 0.2) is 11.6 Å². The topological polar surface area (TPSA) is 87.1 Å². The zero-order valence-electron chi connectivity index (χ0n) is 20.6. The molecule has 3 aliphatic carbocycles. The smallest absolute Gasteiger partial charge is 0.229 e. The number of rotatable bonds is 9. The van der Waals surface area contributed by atoms with Gasteiger partial charge < -0.3 is 25.4 Å². The quantitative estimate of drug-likeness (QED) is 0.397. The van der Waals surface area contributed by atoms with Crippen molar-refractivity contribution in [2.75, 3.05) is 31.3 Å². The van der Waals surface area contributed by atoms with E-state index < -0.39 is 5.82 Å². The lowest BCUT2D eigenvalue weighted by atomic mass is 9.88. The zero-order chi connectivity index (χ0) is 24.8. The highest BCUT2D eigenvalue weighted by Gasteiger charge is 2.49. The van der Waals surface area contributed by atoms with Gasteiger partial charge in [0, 0.05) is 48.0 Å². The van der Waals surface area contributed by atoms with Gasteiger partial charge in [0.1, 0.15) is 0 Å². The van der Waals surface area contributed by atoms with E-state index in [1.54, 1.807) is 0 Å². The number of amides is 1. The molecule has 188 valence electrons. The first-order chi connectivity index (χ1) is 17.4. The summed E-state index contributed by atoms with van der Waals surface area (Å²) < 4.78 is 17.0. The summed E-state index contributed by atoms with van der Waals surface area (Å²) >= 11 is 0. The molecule has 2 bridgehead atoms. The standard InChI is InChI=1S/C27H32FN7O/c1-34(2)11-12-35-10-9-16-14-20(7-8-22(16)35)31-27-29-15-21(28)25(33-27)32-24-18-4-3-17(13-18)23(24)26(36)30-19-5-6-19/h3-4,7-10,14-15,17-19,23-24H,5-6,11-13H2,1-2H3,(H,30,36)(H2,29,31,32,33). The van der Waals surface area contributed by atoms with Crippen molar-refractivity contribution in [1.82, 2.24) is 24.8 Å². The minimum absolute atomic E-state index is 0.0606. The number of carbonyl (C=O) groups is 1. The van der Waals surface area contributed by atoms with Gasteiger partial charge in [0.05, 0.1) is 12.1 Å². The number of hydrogen-bond donors (Lipinski definition) is 3. The summed E-state index contributed by atoms with van der Waals surface area (Å²) in [6.45, 7) is 1.88. The lowest BCUT2D eigenvalue weighted by Gasteiger charge is -2.28. The first-order valence-corrected chi connectivity index (χ1v) is 12.7. The lowest BCUT2D eigenvalue weighted by Crippen LogP contribution is -2.44. The highest BCUT2D eigenvalue weighted by atomic mass is 19.1. The van der Waals surface area contributed by atoms with Crippen molar-refractivity contribution in [3.63, 3.8) is 0 Å². The highest BCUT2D eigenvalue weighted by Crippen LogP contribution is 2.45. The fourth-order valence-corrected chi connectivity index (χ4v) is 5.50. The number of nitrogens with zero attached hydrogens (tertiary/aromatic N) is 4. The third kappa shape index (κ3) is 4.55. The minimum atomic E-state index is -0.526. The molecule has 1 amide bonds. The van der Waals surface area contributed by atoms with Crippen LogP contribution in [0.4, 0.5) is 21.8 Å². The molecule has 0 aliphatic heterocycles. The fraction of sp³-hybridized carbons (Fsp3) is 0.444. The molecule has 1 aromatic carbocycles. The van der Waals surface area contributed by atoms with Crippen molar-refractivity contribution in [2.45, 2.75) is 37.9 Å². The molecule has 0 spiro atoms. The fourth-order valence-electron chi connectivity index (χ4n) is 5.50. The molecule has 0 saturated heterocycles. The highest BCUT2D eigenvalue weighted by molar-refractivity contribution is 5.84. The van der Waals surface area contributed by atoms with E-state index in [0.717, 1.165) is 48.9 Å². The monoisotopic (exact) mass is 489 g/mol. The molecule has 2 fully saturated rings. The maximum Gasteiger partial charge on any atom is 0.229 e. The van der Waals surface area contributed by atoms with Crippen molar-refractivity contribution in [3.8, 4) is 0 Å². The van der Waals surface area contributed by atoms with Crippen LogP contribution in [0.3, 0.4) is 0 Å². The van der Waals surface area contributed by atoms with Gasteiger partial charge in [0.25, 0.3) is 0 Å². The molecule has 8 nitrogen and oxygen atoms in total. The molecule has 36 heavy (non-hydrogen) atoms. The molecular weight excluding hydrogens is 457 g/mol. The van der Waals surface area contributed by atoms with E-state index >= 15 is 0 Å². The molecule has 9 heteroatoms. The second-order valence-electron chi connectivity index (χ2n) is 10.5. The van der Waals surface area contributed by atoms with Crippen LogP contribution in [0, 0.1) is 23.6 Å². The van der Waals surface area contributed by atoms with Crippen molar-refractivity contribution < 1.29 is 9.18 Å². The Bertz CT molecular complexity index is 1310. The van der Waals surface area contributed by atoms with E-state index in [-0.39, 0.29) is 35.5 Å². The number of likely N-dealkylation sites (N-methyl/N-ethyl adjacent to an activating group) is 1. The van der Waals surface area contributed by atoms with Crippen molar-refractivity contribution in [2.24, 2.45) is 17.8 Å². The van der Waals surface area contributed by atoms with Crippen LogP contribution < -0.4 is 16.0 Å². The largest absolute Gasteiger partial charge is 0.363 e. The summed E-state index contributed by atoms with van der Waals surface area (Å²) in [5.74, 6) is 0.125. The number of benzene rings is 1. The average Bonchev–Trinajstić information content (AvgIpc) is 3.25. The number of allylic oxidation sites excluding steroid dienone is 1. The SMILES string of the molecule is CN(C)CCn1ccc2cc(Nc3ncc(F)c(NC4C5C=CC(C5)C4C(=O)NC4CC4)n3)ccc21. The molecule has 3 N–H and O–H groups in total. The maximum atomic E-state index is 14.8. The first-order valence-electron chi connectivity index (χ1n) is 12.7. The van der Waals surface area contributed by atoms with Crippen LogP contribution >= 0.6 is 0 Å². The summed E-state index contributed by atoms with van der Waals surface area (Å²) in [6, 6.07) is 8.29. The van der Waals surface area contributed by atoms with Gasteiger partial charge in [-0.2, -0.15) is 4.98 Å². The maximum absolute atomic E-state index is 14.8. The van der Waals surface area contributed by atoms with Crippen LogP contribution in [0.25, 0.3) is 10.9 Å². The van der Waals surface area contributed by atoms with Crippen molar-refractivity contribution in [1.29, 1.82) is 0 Å². The number of anilines is 3. The Kier molecular flexibility index (Phi) is 5.87. The third-order valence-corrected chi connectivity index (χ3v) is 7.55. The first kappa shape index (κ1) is 23.0. The minimum Gasteiger partial charge on any atom is -0.363 e. The van der Waals surface area contributed by atoms with Gasteiger partial charge in [-0.1, -0.05) is 12.2 Å². The summed E-state index contributed by atoms with van der Waals surface area (Å²) in [7, 11) is 4.13. The van der Waals surface area contributed by atoms with Crippen LogP contribution in [-0.4, -0.2) is 58.1 Å². The number of aromatic nitrogens is 3. The van der Waals surface area contributed by atoms with Crippen molar-refractivity contribution >= 4 is 34.3 Å². The van der Waals surface area contributed by atoms with E-state index in [1.165, 1.54) is 6.20 Å². The number of hydrogen-bond acceptors (Lipinski definition) is 6. The van der Waals surface area contributed by atoms with Gasteiger partial charge >= 0.3 is 0 Å². The molecule has 0 radical (unpaired) electrons. The lowest BCUT2D eigenvalue weighted by molar-refractivity contribution is -0.126. The van der Waals surface area contributed by atoms with Gasteiger partial charge in [0.2, 0.25) is 11.9 Å².